The summed E-state index contributed by atoms with van der Waals surface area (Å²) in [5.74, 6) is 0.290. The molecule has 2 aromatic rings. The van der Waals surface area contributed by atoms with Gasteiger partial charge in [-0.2, -0.15) is 0 Å². The van der Waals surface area contributed by atoms with E-state index < -0.39 is 0 Å². The molecule has 1 heterocycles. The van der Waals surface area contributed by atoms with E-state index in [4.69, 9.17) is 9.52 Å². The maximum atomic E-state index is 13.3. The molecule has 0 bridgehead atoms. The largest absolute Gasteiger partial charge is 0.459 e. The van der Waals surface area contributed by atoms with Gasteiger partial charge in [0.05, 0.1) is 13.2 Å². The molecule has 0 fully saturated rings. The van der Waals surface area contributed by atoms with Crippen LogP contribution >= 0.6 is 0 Å². The number of furan rings is 1. The van der Waals surface area contributed by atoms with Crippen molar-refractivity contribution in [2.75, 3.05) is 19.7 Å². The summed E-state index contributed by atoms with van der Waals surface area (Å²) in [5.41, 5.74) is 1.42. The Balaban J connectivity index is 2.07. The van der Waals surface area contributed by atoms with Gasteiger partial charge in [0.15, 0.2) is 0 Å². The Bertz CT molecular complexity index is 648. The molecule has 22 heavy (non-hydrogen) atoms. The van der Waals surface area contributed by atoms with Gasteiger partial charge in [0.2, 0.25) is 0 Å². The lowest BCUT2D eigenvalue weighted by Crippen LogP contribution is -2.41. The number of halogens is 1. The molecule has 6 heteroatoms. The normalized spacial score (nSPS) is 10.9. The second kappa shape index (κ2) is 7.26. The summed E-state index contributed by atoms with van der Waals surface area (Å²) in [5, 5.41) is 12.5. The Morgan fingerprint density at radius 2 is 2.18 bits per heavy atom. The van der Waals surface area contributed by atoms with Crippen LogP contribution in [-0.4, -0.2) is 35.7 Å². The molecule has 1 aromatic heterocycles. The van der Waals surface area contributed by atoms with Gasteiger partial charge in [-0.3, -0.25) is 0 Å². The zero-order valence-electron chi connectivity index (χ0n) is 12.9. The van der Waals surface area contributed by atoms with Crippen LogP contribution in [0.25, 0.3) is 11.0 Å². The van der Waals surface area contributed by atoms with E-state index in [0.29, 0.717) is 29.8 Å². The first kappa shape index (κ1) is 16.3. The number of nitrogens with one attached hydrogen (secondary N) is 1. The third-order valence-electron chi connectivity index (χ3n) is 3.55. The number of nitrogens with zero attached hydrogens (tertiary/aromatic N) is 1. The minimum atomic E-state index is -0.316. The van der Waals surface area contributed by atoms with Crippen molar-refractivity contribution in [3.8, 4) is 0 Å². The molecule has 120 valence electrons. The van der Waals surface area contributed by atoms with Crippen LogP contribution in [0.3, 0.4) is 0 Å². The fraction of sp³-hybridized carbons (Fsp3) is 0.438. The van der Waals surface area contributed by atoms with Gasteiger partial charge in [-0.15, -0.1) is 0 Å². The zero-order valence-corrected chi connectivity index (χ0v) is 12.9. The van der Waals surface area contributed by atoms with Crippen LogP contribution in [0.15, 0.2) is 22.6 Å². The van der Waals surface area contributed by atoms with Crippen LogP contribution in [0.1, 0.15) is 24.7 Å². The quantitative estimate of drug-likeness (QED) is 0.862. The maximum absolute atomic E-state index is 13.3. The minimum Gasteiger partial charge on any atom is -0.459 e. The van der Waals surface area contributed by atoms with E-state index in [9.17, 15) is 9.18 Å². The lowest BCUT2D eigenvalue weighted by Gasteiger charge is -2.21. The van der Waals surface area contributed by atoms with Crippen LogP contribution in [0, 0.1) is 12.7 Å². The molecule has 5 nitrogen and oxygen atoms in total. The van der Waals surface area contributed by atoms with Crippen molar-refractivity contribution in [1.82, 2.24) is 10.2 Å². The van der Waals surface area contributed by atoms with E-state index >= 15 is 0 Å². The van der Waals surface area contributed by atoms with Crippen molar-refractivity contribution in [2.24, 2.45) is 0 Å². The molecular formula is C16H21FN2O3. The minimum absolute atomic E-state index is 0.0731. The van der Waals surface area contributed by atoms with Crippen LogP contribution in [0.4, 0.5) is 9.18 Å². The van der Waals surface area contributed by atoms with E-state index in [2.05, 4.69) is 5.32 Å². The Labute approximate surface area is 128 Å². The Morgan fingerprint density at radius 3 is 2.86 bits per heavy atom. The first-order valence-electron chi connectivity index (χ1n) is 7.38. The Hall–Kier alpha value is -2.08. The summed E-state index contributed by atoms with van der Waals surface area (Å²) in [6.45, 7) is 4.84. The van der Waals surface area contributed by atoms with Crippen molar-refractivity contribution in [3.63, 3.8) is 0 Å². The van der Waals surface area contributed by atoms with Crippen molar-refractivity contribution >= 4 is 17.0 Å². The Kier molecular flexibility index (Phi) is 5.38. The molecule has 0 saturated heterocycles. The van der Waals surface area contributed by atoms with Gasteiger partial charge < -0.3 is 19.7 Å². The number of aryl methyl sites for hydroxylation is 1. The van der Waals surface area contributed by atoms with Crippen LogP contribution in [0.2, 0.25) is 0 Å². The summed E-state index contributed by atoms with van der Waals surface area (Å²) in [6, 6.07) is 4.10. The summed E-state index contributed by atoms with van der Waals surface area (Å²) >= 11 is 0. The van der Waals surface area contributed by atoms with E-state index in [1.165, 1.54) is 12.1 Å². The second-order valence-electron chi connectivity index (χ2n) is 5.16. The highest BCUT2D eigenvalue weighted by Gasteiger charge is 2.15. The predicted molar refractivity (Wildman–Crippen MR) is 82.1 cm³/mol. The van der Waals surface area contributed by atoms with E-state index in [0.717, 1.165) is 12.0 Å². The van der Waals surface area contributed by atoms with Crippen LogP contribution in [-0.2, 0) is 6.54 Å². The Morgan fingerprint density at radius 1 is 1.41 bits per heavy atom. The van der Waals surface area contributed by atoms with Gasteiger partial charge in [0.25, 0.3) is 0 Å². The summed E-state index contributed by atoms with van der Waals surface area (Å²) in [7, 11) is 0. The first-order valence-corrected chi connectivity index (χ1v) is 7.38. The number of hydrogen-bond acceptors (Lipinski definition) is 3. The lowest BCUT2D eigenvalue weighted by molar-refractivity contribution is 0.176. The fourth-order valence-corrected chi connectivity index (χ4v) is 2.39. The molecule has 0 unspecified atom stereocenters. The average molecular weight is 308 g/mol. The van der Waals surface area contributed by atoms with Gasteiger partial charge in [0.1, 0.15) is 17.2 Å². The lowest BCUT2D eigenvalue weighted by atomic mass is 10.1. The number of amides is 2. The molecule has 0 saturated carbocycles. The van der Waals surface area contributed by atoms with Crippen LogP contribution in [0.5, 0.6) is 0 Å². The van der Waals surface area contributed by atoms with Gasteiger partial charge in [-0.25, -0.2) is 9.18 Å². The highest BCUT2D eigenvalue weighted by atomic mass is 19.1. The highest BCUT2D eigenvalue weighted by molar-refractivity contribution is 5.82. The fourth-order valence-electron chi connectivity index (χ4n) is 2.39. The smallest absolute Gasteiger partial charge is 0.317 e. The SMILES string of the molecule is CCCN(CCO)C(=O)NCc1oc2ccc(F)cc2c1C. The maximum Gasteiger partial charge on any atom is 0.317 e. The third-order valence-corrected chi connectivity index (χ3v) is 3.55. The number of benzene rings is 1. The number of aliphatic hydroxyl groups excluding tert-OH is 1. The molecule has 0 atom stereocenters. The first-order chi connectivity index (χ1) is 10.6. The molecule has 0 aliphatic rings. The van der Waals surface area contributed by atoms with Crippen molar-refractivity contribution in [1.29, 1.82) is 0 Å². The van der Waals surface area contributed by atoms with E-state index in [1.54, 1.807) is 11.0 Å². The van der Waals surface area contributed by atoms with Crippen molar-refractivity contribution in [2.45, 2.75) is 26.8 Å². The standard InChI is InChI=1S/C16H21FN2O3/c1-3-6-19(7-8-20)16(21)18-10-15-11(2)13-9-12(17)4-5-14(13)22-15/h4-5,9,20H,3,6-8,10H2,1-2H3,(H,18,21). The molecule has 0 aliphatic carbocycles. The molecule has 2 rings (SSSR count). The summed E-state index contributed by atoms with van der Waals surface area (Å²) in [4.78, 5) is 13.6. The molecule has 2 N–H and O–H groups in total. The number of hydrogen-bond donors (Lipinski definition) is 2. The number of carbonyl (C=O) groups excluding carboxylic acids is 1. The second-order valence-corrected chi connectivity index (χ2v) is 5.16. The number of carbonyl (C=O) groups is 1. The summed E-state index contributed by atoms with van der Waals surface area (Å²) < 4.78 is 18.9. The molecule has 0 radical (unpaired) electrons. The van der Waals surface area contributed by atoms with E-state index in [-0.39, 0.29) is 25.0 Å². The topological polar surface area (TPSA) is 65.7 Å². The molecule has 0 aliphatic heterocycles. The molecule has 1 aromatic carbocycles. The predicted octanol–water partition coefficient (Wildman–Crippen LogP) is 2.79. The van der Waals surface area contributed by atoms with E-state index in [1.807, 2.05) is 13.8 Å². The zero-order chi connectivity index (χ0) is 16.1. The molecular weight excluding hydrogens is 287 g/mol. The average Bonchev–Trinajstić information content (AvgIpc) is 2.81. The molecule has 0 spiro atoms. The third kappa shape index (κ3) is 3.57. The van der Waals surface area contributed by atoms with Crippen molar-refractivity contribution < 1.29 is 18.7 Å². The van der Waals surface area contributed by atoms with Gasteiger partial charge in [-0.1, -0.05) is 6.92 Å². The monoisotopic (exact) mass is 308 g/mol. The van der Waals surface area contributed by atoms with Crippen molar-refractivity contribution in [3.05, 3.63) is 35.3 Å². The number of fused-ring (bicyclic) bond motifs is 1. The summed E-state index contributed by atoms with van der Waals surface area (Å²) in [6.07, 6.45) is 0.816. The van der Waals surface area contributed by atoms with Crippen LogP contribution < -0.4 is 5.32 Å². The van der Waals surface area contributed by atoms with Gasteiger partial charge in [0, 0.05) is 24.0 Å². The van der Waals surface area contributed by atoms with Gasteiger partial charge >= 0.3 is 6.03 Å². The van der Waals surface area contributed by atoms with Gasteiger partial charge in [-0.05, 0) is 31.5 Å². The number of urea groups is 1. The number of aliphatic hydroxyl groups is 1. The molecule has 2 amide bonds. The highest BCUT2D eigenvalue weighted by Crippen LogP contribution is 2.25. The number of rotatable bonds is 6.